The van der Waals surface area contributed by atoms with Crippen LogP contribution in [0, 0.1) is 0 Å². The lowest BCUT2D eigenvalue weighted by molar-refractivity contribution is -0.143. The van der Waals surface area contributed by atoms with Crippen LogP contribution in [-0.4, -0.2) is 82.4 Å². The van der Waals surface area contributed by atoms with Crippen LogP contribution in [0.1, 0.15) is 50.8 Å². The second kappa shape index (κ2) is 8.87. The summed E-state index contributed by atoms with van der Waals surface area (Å²) in [6.45, 7) is 6.14. The fraction of sp³-hybridized carbons (Fsp3) is 0.750. The summed E-state index contributed by atoms with van der Waals surface area (Å²) in [4.78, 5) is 35.2. The molecular formula is C20H33N5O2. The third kappa shape index (κ3) is 4.69. The molecule has 3 rings (SSSR count). The molecule has 1 atom stereocenters. The summed E-state index contributed by atoms with van der Waals surface area (Å²) >= 11 is 0. The van der Waals surface area contributed by atoms with E-state index in [1.165, 1.54) is 0 Å². The van der Waals surface area contributed by atoms with Gasteiger partial charge in [-0.1, -0.05) is 0 Å². The Morgan fingerprint density at radius 1 is 1.30 bits per heavy atom. The number of imidazole rings is 1. The molecule has 2 aliphatic heterocycles. The summed E-state index contributed by atoms with van der Waals surface area (Å²) in [6.07, 6.45) is 8.40. The average molecular weight is 376 g/mol. The molecular weight excluding hydrogens is 342 g/mol. The molecule has 0 radical (unpaired) electrons. The highest BCUT2D eigenvalue weighted by atomic mass is 16.2. The molecule has 0 saturated carbocycles. The van der Waals surface area contributed by atoms with Crippen molar-refractivity contribution in [2.75, 3.05) is 40.3 Å². The lowest BCUT2D eigenvalue weighted by Crippen LogP contribution is -2.49. The van der Waals surface area contributed by atoms with Gasteiger partial charge in [0, 0.05) is 50.9 Å². The van der Waals surface area contributed by atoms with Crippen molar-refractivity contribution < 1.29 is 9.59 Å². The third-order valence-electron chi connectivity index (χ3n) is 5.86. The number of aromatic nitrogens is 2. The standard InChI is InChI=1S/C20H33N5O2/c1-16(25-12-4-6-18(25)26)20(27)24-13-7-17(8-14-24)19-21-9-15-23(19)11-5-10-22(2)3/h9,15-17H,4-8,10-14H2,1-3H3. The van der Waals surface area contributed by atoms with Crippen LogP contribution in [0.25, 0.3) is 0 Å². The number of hydrogen-bond donors (Lipinski definition) is 0. The van der Waals surface area contributed by atoms with Crippen molar-refractivity contribution in [2.45, 2.75) is 57.5 Å². The Morgan fingerprint density at radius 2 is 2.04 bits per heavy atom. The number of hydrogen-bond acceptors (Lipinski definition) is 4. The first-order valence-electron chi connectivity index (χ1n) is 10.2. The van der Waals surface area contributed by atoms with Crippen LogP contribution in [0.15, 0.2) is 12.4 Å². The van der Waals surface area contributed by atoms with Gasteiger partial charge < -0.3 is 19.3 Å². The van der Waals surface area contributed by atoms with Gasteiger partial charge >= 0.3 is 0 Å². The molecule has 0 aliphatic carbocycles. The maximum atomic E-state index is 12.8. The maximum absolute atomic E-state index is 12.8. The molecule has 7 nitrogen and oxygen atoms in total. The first-order valence-corrected chi connectivity index (χ1v) is 10.2. The number of carbonyl (C=O) groups excluding carboxylic acids is 2. The van der Waals surface area contributed by atoms with Gasteiger partial charge in [-0.3, -0.25) is 9.59 Å². The smallest absolute Gasteiger partial charge is 0.245 e. The first-order chi connectivity index (χ1) is 13.0. The molecule has 2 saturated heterocycles. The number of rotatable bonds is 7. The molecule has 0 aromatic carbocycles. The lowest BCUT2D eigenvalue weighted by Gasteiger charge is -2.35. The zero-order valence-corrected chi connectivity index (χ0v) is 16.9. The van der Waals surface area contributed by atoms with E-state index in [1.807, 2.05) is 18.0 Å². The van der Waals surface area contributed by atoms with E-state index in [2.05, 4.69) is 34.7 Å². The van der Waals surface area contributed by atoms with Crippen LogP contribution in [0.5, 0.6) is 0 Å². The molecule has 0 bridgehead atoms. The predicted octanol–water partition coefficient (Wildman–Crippen LogP) is 1.55. The molecule has 1 aromatic rings. The van der Waals surface area contributed by atoms with Crippen LogP contribution in [0.4, 0.5) is 0 Å². The van der Waals surface area contributed by atoms with E-state index in [0.717, 1.165) is 57.7 Å². The summed E-state index contributed by atoms with van der Waals surface area (Å²) in [5.74, 6) is 1.78. The molecule has 3 heterocycles. The highest BCUT2D eigenvalue weighted by Crippen LogP contribution is 2.28. The molecule has 0 spiro atoms. The van der Waals surface area contributed by atoms with Crippen molar-refractivity contribution in [2.24, 2.45) is 0 Å². The van der Waals surface area contributed by atoms with Gasteiger partial charge in [0.2, 0.25) is 11.8 Å². The lowest BCUT2D eigenvalue weighted by atomic mass is 9.95. The van der Waals surface area contributed by atoms with Gasteiger partial charge in [0.15, 0.2) is 0 Å². The summed E-state index contributed by atoms with van der Waals surface area (Å²) in [7, 11) is 4.19. The second-order valence-electron chi connectivity index (χ2n) is 8.10. The van der Waals surface area contributed by atoms with E-state index in [0.29, 0.717) is 18.9 Å². The van der Waals surface area contributed by atoms with Gasteiger partial charge in [-0.25, -0.2) is 4.98 Å². The largest absolute Gasteiger partial charge is 0.341 e. The van der Waals surface area contributed by atoms with E-state index >= 15 is 0 Å². The minimum atomic E-state index is -0.329. The van der Waals surface area contributed by atoms with Crippen LogP contribution in [0.3, 0.4) is 0 Å². The third-order valence-corrected chi connectivity index (χ3v) is 5.86. The predicted molar refractivity (Wildman–Crippen MR) is 104 cm³/mol. The van der Waals surface area contributed by atoms with Gasteiger partial charge in [-0.05, 0) is 53.2 Å². The van der Waals surface area contributed by atoms with Gasteiger partial charge in [0.1, 0.15) is 11.9 Å². The fourth-order valence-electron chi connectivity index (χ4n) is 4.26. The number of likely N-dealkylation sites (tertiary alicyclic amines) is 2. The molecule has 150 valence electrons. The molecule has 7 heteroatoms. The van der Waals surface area contributed by atoms with Crippen molar-refractivity contribution in [1.29, 1.82) is 0 Å². The van der Waals surface area contributed by atoms with Crippen molar-refractivity contribution in [3.05, 3.63) is 18.2 Å². The number of aryl methyl sites for hydroxylation is 1. The molecule has 1 unspecified atom stereocenters. The van der Waals surface area contributed by atoms with Crippen LogP contribution in [0.2, 0.25) is 0 Å². The van der Waals surface area contributed by atoms with Crippen molar-refractivity contribution in [3.63, 3.8) is 0 Å². The van der Waals surface area contributed by atoms with Gasteiger partial charge in [0.25, 0.3) is 0 Å². The Morgan fingerprint density at radius 3 is 2.67 bits per heavy atom. The number of nitrogens with zero attached hydrogens (tertiary/aromatic N) is 5. The van der Waals surface area contributed by atoms with E-state index in [4.69, 9.17) is 0 Å². The van der Waals surface area contributed by atoms with Crippen LogP contribution < -0.4 is 0 Å². The summed E-state index contributed by atoms with van der Waals surface area (Å²) in [5, 5.41) is 0. The Balaban J connectivity index is 1.52. The second-order valence-corrected chi connectivity index (χ2v) is 8.10. The monoisotopic (exact) mass is 375 g/mol. The van der Waals surface area contributed by atoms with Crippen LogP contribution >= 0.6 is 0 Å². The van der Waals surface area contributed by atoms with Gasteiger partial charge in [-0.15, -0.1) is 0 Å². The minimum Gasteiger partial charge on any atom is -0.341 e. The topological polar surface area (TPSA) is 61.7 Å². The quantitative estimate of drug-likeness (QED) is 0.725. The first kappa shape index (κ1) is 19.9. The number of piperidine rings is 1. The Hall–Kier alpha value is -1.89. The SMILES string of the molecule is CC(C(=O)N1CCC(c2nccn2CCCN(C)C)CC1)N1CCCC1=O. The van der Waals surface area contributed by atoms with E-state index in [9.17, 15) is 9.59 Å². The van der Waals surface area contributed by atoms with Crippen LogP contribution in [-0.2, 0) is 16.1 Å². The normalized spacial score (nSPS) is 19.9. The summed E-state index contributed by atoms with van der Waals surface area (Å²) < 4.78 is 2.27. The molecule has 2 fully saturated rings. The number of carbonyl (C=O) groups is 2. The average Bonchev–Trinajstić information content (AvgIpc) is 3.29. The van der Waals surface area contributed by atoms with E-state index in [-0.39, 0.29) is 17.9 Å². The Kier molecular flexibility index (Phi) is 6.52. The molecule has 0 N–H and O–H groups in total. The highest BCUT2D eigenvalue weighted by Gasteiger charge is 2.34. The van der Waals surface area contributed by atoms with E-state index in [1.54, 1.807) is 4.90 Å². The molecule has 2 amide bonds. The van der Waals surface area contributed by atoms with Gasteiger partial charge in [0.05, 0.1) is 0 Å². The van der Waals surface area contributed by atoms with Crippen molar-refractivity contribution in [1.82, 2.24) is 24.3 Å². The highest BCUT2D eigenvalue weighted by molar-refractivity contribution is 5.88. The fourth-order valence-corrected chi connectivity index (χ4v) is 4.26. The maximum Gasteiger partial charge on any atom is 0.245 e. The molecule has 2 aliphatic rings. The molecule has 1 aromatic heterocycles. The van der Waals surface area contributed by atoms with E-state index < -0.39 is 0 Å². The minimum absolute atomic E-state index is 0.0954. The number of amides is 2. The summed E-state index contributed by atoms with van der Waals surface area (Å²) in [5.41, 5.74) is 0. The van der Waals surface area contributed by atoms with Gasteiger partial charge in [-0.2, -0.15) is 0 Å². The van der Waals surface area contributed by atoms with Crippen molar-refractivity contribution in [3.8, 4) is 0 Å². The Labute approximate surface area is 162 Å². The van der Waals surface area contributed by atoms with Crippen molar-refractivity contribution >= 4 is 11.8 Å². The Bertz CT molecular complexity index is 649. The zero-order chi connectivity index (χ0) is 19.4. The zero-order valence-electron chi connectivity index (χ0n) is 16.9. The summed E-state index contributed by atoms with van der Waals surface area (Å²) in [6, 6.07) is -0.329. The molecule has 27 heavy (non-hydrogen) atoms.